The summed E-state index contributed by atoms with van der Waals surface area (Å²) in [5, 5.41) is 59.3. The molecule has 8 aliphatic carbocycles. The molecule has 13 nitrogen and oxygen atoms in total. The molecule has 2 spiro atoms. The van der Waals surface area contributed by atoms with Gasteiger partial charge in [0.15, 0.2) is 5.79 Å². The van der Waals surface area contributed by atoms with E-state index in [9.17, 15) is 38.5 Å². The first-order valence-electron chi connectivity index (χ1n) is 28.3. The molecule has 0 aromatic carbocycles. The number of allylic oxidation sites excluding steroid dienone is 1. The van der Waals surface area contributed by atoms with Crippen molar-refractivity contribution in [1.82, 2.24) is 0 Å². The van der Waals surface area contributed by atoms with E-state index in [0.29, 0.717) is 42.9 Å². The van der Waals surface area contributed by atoms with Crippen LogP contribution < -0.4 is 0 Å². The first-order valence-corrected chi connectivity index (χ1v) is 29.6. The third-order valence-electron chi connectivity index (χ3n) is 25.0. The van der Waals surface area contributed by atoms with Gasteiger partial charge in [-0.05, 0) is 175 Å². The summed E-state index contributed by atoms with van der Waals surface area (Å²) in [5.41, 5.74) is -0.587. The number of hydrogen-bond acceptors (Lipinski definition) is 12. The van der Waals surface area contributed by atoms with Gasteiger partial charge >= 0.3 is 10.4 Å². The molecule has 14 aliphatic rings. The van der Waals surface area contributed by atoms with Crippen LogP contribution in [0.4, 0.5) is 0 Å². The largest absolute Gasteiger partial charge is 0.397 e. The van der Waals surface area contributed by atoms with Crippen molar-refractivity contribution >= 4 is 10.4 Å². The lowest BCUT2D eigenvalue weighted by Crippen LogP contribution is -2.76. The van der Waals surface area contributed by atoms with Gasteiger partial charge in [0.05, 0.1) is 48.3 Å². The topological polar surface area (TPSA) is 202 Å². The molecular formula is C58H88O13S. The quantitative estimate of drug-likeness (QED) is 0.0999. The predicted molar refractivity (Wildman–Crippen MR) is 268 cm³/mol. The van der Waals surface area contributed by atoms with Crippen LogP contribution in [0.15, 0.2) is 34.4 Å². The second-order valence-corrected chi connectivity index (χ2v) is 30.1. The molecule has 6 bridgehead atoms. The van der Waals surface area contributed by atoms with Gasteiger partial charge in [-0.15, -0.1) is 0 Å². The average Bonchev–Trinajstić information content (AvgIpc) is 3.86. The van der Waals surface area contributed by atoms with Gasteiger partial charge in [0, 0.05) is 27.6 Å². The van der Waals surface area contributed by atoms with Gasteiger partial charge < -0.3 is 44.5 Å². The highest BCUT2D eigenvalue weighted by Gasteiger charge is 2.76. The van der Waals surface area contributed by atoms with E-state index in [-0.39, 0.29) is 66.0 Å². The number of aliphatic hydroxyl groups is 5. The molecule has 21 atom stereocenters. The highest BCUT2D eigenvalue weighted by atomic mass is 32.3. The molecule has 6 heterocycles. The molecule has 6 aliphatic heterocycles. The fourth-order valence-corrected chi connectivity index (χ4v) is 22.2. The van der Waals surface area contributed by atoms with E-state index in [1.807, 2.05) is 27.7 Å². The minimum atomic E-state index is -4.83. The van der Waals surface area contributed by atoms with Gasteiger partial charge in [0.1, 0.15) is 12.2 Å². The Kier molecular flexibility index (Phi) is 11.1. The Morgan fingerprint density at radius 3 is 2.18 bits per heavy atom. The maximum atomic E-state index is 13.1. The number of ether oxygens (including phenoxy) is 4. The number of rotatable bonds is 8. The summed E-state index contributed by atoms with van der Waals surface area (Å²) in [5.74, 6) is -2.05. The zero-order valence-corrected chi connectivity index (χ0v) is 45.9. The first-order chi connectivity index (χ1) is 33.3. The summed E-state index contributed by atoms with van der Waals surface area (Å²) >= 11 is 0. The van der Waals surface area contributed by atoms with E-state index in [2.05, 4.69) is 60.6 Å². The highest BCUT2D eigenvalue weighted by molar-refractivity contribution is 7.80. The zero-order chi connectivity index (χ0) is 51.8. The van der Waals surface area contributed by atoms with Crippen molar-refractivity contribution in [2.45, 2.75) is 231 Å². The first kappa shape index (κ1) is 51.5. The second-order valence-electron chi connectivity index (χ2n) is 29.0. The molecule has 14 rings (SSSR count). The molecule has 72 heavy (non-hydrogen) atoms. The maximum absolute atomic E-state index is 13.1. The summed E-state index contributed by atoms with van der Waals surface area (Å²) in [7, 11) is -4.83. The van der Waals surface area contributed by atoms with Crippen molar-refractivity contribution < 1.29 is 61.6 Å². The summed E-state index contributed by atoms with van der Waals surface area (Å²) < 4.78 is 68.1. The van der Waals surface area contributed by atoms with Crippen molar-refractivity contribution in [1.29, 1.82) is 0 Å². The van der Waals surface area contributed by atoms with E-state index < -0.39 is 79.1 Å². The molecule has 4 saturated carbocycles. The van der Waals surface area contributed by atoms with E-state index in [1.165, 1.54) is 11.1 Å². The van der Waals surface area contributed by atoms with Gasteiger partial charge in [-0.3, -0.25) is 4.55 Å². The SMILES string of the molecule is C[C@H](CC[C@@H]1O[C@@H]([C@@H](C)C2CCC3C4=C(CC[C@@]32C)[C@@]23COC(O)(C(O)C2)C(C)(C)C3C(OS(=O)(=O)O)C4)C[C@@H]2C[C@@]1(C)OC2(C)C)[C@H]1CCC2C3(O)CC=C4C(C)(C)C5(O)OC[C@@]4(CC5O)C3=CC[C@@]21C. The third kappa shape index (κ3) is 6.41. The van der Waals surface area contributed by atoms with E-state index >= 15 is 0 Å². The fourth-order valence-electron chi connectivity index (χ4n) is 21.7. The van der Waals surface area contributed by atoms with Crippen molar-refractivity contribution in [3.8, 4) is 0 Å². The minimum absolute atomic E-state index is 0.0242. The van der Waals surface area contributed by atoms with E-state index in [1.54, 1.807) is 0 Å². The Morgan fingerprint density at radius 1 is 0.806 bits per heavy atom. The van der Waals surface area contributed by atoms with Crippen LogP contribution in [0.3, 0.4) is 0 Å². The van der Waals surface area contributed by atoms with Crippen LogP contribution in [0, 0.1) is 79.8 Å². The van der Waals surface area contributed by atoms with Gasteiger partial charge in [0.2, 0.25) is 5.79 Å². The molecule has 6 N–H and O–H groups in total. The lowest BCUT2D eigenvalue weighted by atomic mass is 9.42. The highest BCUT2D eigenvalue weighted by Crippen LogP contribution is 2.74. The van der Waals surface area contributed by atoms with Crippen molar-refractivity contribution in [2.75, 3.05) is 13.2 Å². The van der Waals surface area contributed by atoms with Gasteiger partial charge in [-0.2, -0.15) is 8.42 Å². The van der Waals surface area contributed by atoms with Crippen molar-refractivity contribution in [2.24, 2.45) is 79.8 Å². The molecule has 10 unspecified atom stereocenters. The summed E-state index contributed by atoms with van der Waals surface area (Å²) in [6.07, 6.45) is 13.2. The summed E-state index contributed by atoms with van der Waals surface area (Å²) in [6, 6.07) is 0. The maximum Gasteiger partial charge on any atom is 0.397 e. The van der Waals surface area contributed by atoms with Crippen LogP contribution in [0.25, 0.3) is 0 Å². The van der Waals surface area contributed by atoms with Crippen LogP contribution >= 0.6 is 0 Å². The van der Waals surface area contributed by atoms with Crippen molar-refractivity contribution in [3.63, 3.8) is 0 Å². The van der Waals surface area contributed by atoms with Gasteiger partial charge in [-0.1, -0.05) is 84.3 Å². The molecule has 10 fully saturated rings. The molecule has 404 valence electrons. The Balaban J connectivity index is 0.788. The number of fused-ring (bicyclic) bond motifs is 11. The summed E-state index contributed by atoms with van der Waals surface area (Å²) in [4.78, 5) is 0. The lowest BCUT2D eigenvalue weighted by Gasteiger charge is -2.69. The van der Waals surface area contributed by atoms with Crippen molar-refractivity contribution in [3.05, 3.63) is 34.4 Å². The monoisotopic (exact) mass is 1020 g/mol. The zero-order valence-electron chi connectivity index (χ0n) is 45.1. The van der Waals surface area contributed by atoms with Crippen LogP contribution in [-0.2, 0) is 33.5 Å². The molecular weight excluding hydrogens is 937 g/mol. The lowest BCUT2D eigenvalue weighted by molar-refractivity contribution is -0.408. The fraction of sp³-hybridized carbons (Fsp3) is 0.897. The predicted octanol–water partition coefficient (Wildman–Crippen LogP) is 8.52. The molecule has 0 aromatic rings. The molecule has 0 radical (unpaired) electrons. The Hall–Kier alpha value is -1.27. The Labute approximate surface area is 429 Å². The third-order valence-corrected chi connectivity index (χ3v) is 25.5. The van der Waals surface area contributed by atoms with Crippen LogP contribution in [0.1, 0.15) is 172 Å². The molecule has 14 heteroatoms. The van der Waals surface area contributed by atoms with E-state index in [0.717, 1.165) is 81.8 Å². The van der Waals surface area contributed by atoms with Crippen LogP contribution in [-0.4, -0.2) is 111 Å². The molecule has 0 amide bonds. The van der Waals surface area contributed by atoms with Crippen LogP contribution in [0.2, 0.25) is 0 Å². The molecule has 6 saturated heterocycles. The minimum Gasteiger partial charge on any atom is -0.387 e. The molecule has 0 aromatic heterocycles. The van der Waals surface area contributed by atoms with Crippen LogP contribution in [0.5, 0.6) is 0 Å². The summed E-state index contributed by atoms with van der Waals surface area (Å²) in [6.45, 7) is 24.6. The Morgan fingerprint density at radius 2 is 1.49 bits per heavy atom. The standard InChI is InChI=1S/C58H88O13S/c1-31(35-15-16-42-52(35,10)22-19-43-55-28-45(60)57(62,68-30-55)48(3,4)41(55)20-23-56(42,43)61)12-17-46-53(11)26-33(50(7,8)71-53)24-39(69-46)32(2)36-13-14-37-34-25-40(70-72(64,65)66)47-49(5,6)58(63)44(59)27-54(47,29-67-58)38(34)18-21-51(36,37)9/h19-20,31-33,35-37,39-40,42,44-47,59-63H,12-18,21-30H2,1-11H3,(H,64,65,66)/t31-,32+,33-,35-,36?,37?,39-,40?,42?,44?,45?,46+,47?,51-,52-,53-,54+,55-,56?,57?,58?/m1/s1. The van der Waals surface area contributed by atoms with Gasteiger partial charge in [0.25, 0.3) is 0 Å². The normalized spacial score (nSPS) is 54.0. The average molecular weight is 1030 g/mol. The number of aliphatic hydroxyl groups excluding tert-OH is 2. The Bertz CT molecular complexity index is 2500. The van der Waals surface area contributed by atoms with E-state index in [4.69, 9.17) is 23.1 Å². The number of hydrogen-bond donors (Lipinski definition) is 6. The second kappa shape index (κ2) is 15.5. The smallest absolute Gasteiger partial charge is 0.387 e. The van der Waals surface area contributed by atoms with Gasteiger partial charge in [-0.25, -0.2) is 4.18 Å².